The number of methoxy groups -OCH3 is 1. The molecule has 0 spiro atoms. The number of amides is 2. The second-order valence-electron chi connectivity index (χ2n) is 6.45. The third-order valence-electron chi connectivity index (χ3n) is 4.33. The normalized spacial score (nSPS) is 16.8. The van der Waals surface area contributed by atoms with Crippen molar-refractivity contribution in [2.75, 3.05) is 18.6 Å². The smallest absolute Gasteiger partial charge is 0.251 e. The lowest BCUT2D eigenvalue weighted by Crippen LogP contribution is -2.37. The zero-order valence-electron chi connectivity index (χ0n) is 14.7. The maximum atomic E-state index is 12.5. The lowest BCUT2D eigenvalue weighted by atomic mass is 10.1. The van der Waals surface area contributed by atoms with Gasteiger partial charge in [-0.1, -0.05) is 17.2 Å². The van der Waals surface area contributed by atoms with Crippen molar-refractivity contribution in [2.45, 2.75) is 26.3 Å². The SMILES string of the molecule is COc1ccc(N2C[C@@H](NC(=O)c3cc(C)cc(C)c3)CC2=O)cc1. The minimum absolute atomic E-state index is 0.0101. The predicted octanol–water partition coefficient (Wildman–Crippen LogP) is 2.85. The van der Waals surface area contributed by atoms with Crippen LogP contribution in [0.4, 0.5) is 5.69 Å². The van der Waals surface area contributed by atoms with Gasteiger partial charge in [0.15, 0.2) is 0 Å². The maximum Gasteiger partial charge on any atom is 0.251 e. The molecule has 3 rings (SSSR count). The van der Waals surface area contributed by atoms with Crippen LogP contribution in [-0.2, 0) is 4.79 Å². The van der Waals surface area contributed by atoms with Crippen LogP contribution in [0.15, 0.2) is 42.5 Å². The lowest BCUT2D eigenvalue weighted by Gasteiger charge is -2.17. The largest absolute Gasteiger partial charge is 0.497 e. The average Bonchev–Trinajstić information content (AvgIpc) is 2.94. The van der Waals surface area contributed by atoms with Gasteiger partial charge in [0.2, 0.25) is 5.91 Å². The van der Waals surface area contributed by atoms with Gasteiger partial charge >= 0.3 is 0 Å². The molecule has 0 aromatic heterocycles. The van der Waals surface area contributed by atoms with Crippen LogP contribution in [0.3, 0.4) is 0 Å². The molecule has 0 saturated carbocycles. The maximum absolute atomic E-state index is 12.5. The van der Waals surface area contributed by atoms with Crippen LogP contribution in [0.5, 0.6) is 5.75 Å². The first-order valence-corrected chi connectivity index (χ1v) is 8.30. The van der Waals surface area contributed by atoms with E-state index in [0.717, 1.165) is 22.6 Å². The first-order chi connectivity index (χ1) is 12.0. The Hall–Kier alpha value is -2.82. The van der Waals surface area contributed by atoms with E-state index < -0.39 is 0 Å². The number of benzene rings is 2. The molecule has 2 amide bonds. The number of ether oxygens (including phenoxy) is 1. The molecule has 1 heterocycles. The Labute approximate surface area is 147 Å². The summed E-state index contributed by atoms with van der Waals surface area (Å²) in [5.74, 6) is 0.618. The minimum atomic E-state index is -0.192. The van der Waals surface area contributed by atoms with E-state index in [9.17, 15) is 9.59 Å². The topological polar surface area (TPSA) is 58.6 Å². The number of hydrogen-bond donors (Lipinski definition) is 1. The van der Waals surface area contributed by atoms with E-state index in [2.05, 4.69) is 5.32 Å². The van der Waals surface area contributed by atoms with E-state index in [0.29, 0.717) is 18.5 Å². The van der Waals surface area contributed by atoms with E-state index in [4.69, 9.17) is 4.74 Å². The van der Waals surface area contributed by atoms with Crippen molar-refractivity contribution in [1.29, 1.82) is 0 Å². The van der Waals surface area contributed by atoms with Crippen molar-refractivity contribution in [2.24, 2.45) is 0 Å². The Balaban J connectivity index is 1.68. The molecule has 0 radical (unpaired) electrons. The quantitative estimate of drug-likeness (QED) is 0.932. The fourth-order valence-electron chi connectivity index (χ4n) is 3.19. The van der Waals surface area contributed by atoms with Gasteiger partial charge in [-0.25, -0.2) is 0 Å². The molecule has 1 aliphatic heterocycles. The second kappa shape index (κ2) is 6.97. The zero-order chi connectivity index (χ0) is 18.0. The Morgan fingerprint density at radius 2 is 1.76 bits per heavy atom. The highest BCUT2D eigenvalue weighted by molar-refractivity contribution is 5.99. The molecule has 0 unspecified atom stereocenters. The summed E-state index contributed by atoms with van der Waals surface area (Å²) < 4.78 is 5.14. The van der Waals surface area contributed by atoms with Gasteiger partial charge in [0, 0.05) is 24.2 Å². The summed E-state index contributed by atoms with van der Waals surface area (Å²) in [6.07, 6.45) is 0.308. The lowest BCUT2D eigenvalue weighted by molar-refractivity contribution is -0.117. The van der Waals surface area contributed by atoms with Crippen molar-refractivity contribution in [3.05, 3.63) is 59.2 Å². The monoisotopic (exact) mass is 338 g/mol. The second-order valence-corrected chi connectivity index (χ2v) is 6.45. The van der Waals surface area contributed by atoms with E-state index in [1.165, 1.54) is 0 Å². The molecule has 1 atom stereocenters. The van der Waals surface area contributed by atoms with E-state index in [1.54, 1.807) is 12.0 Å². The molecule has 25 heavy (non-hydrogen) atoms. The van der Waals surface area contributed by atoms with E-state index >= 15 is 0 Å². The molecule has 2 aromatic carbocycles. The van der Waals surface area contributed by atoms with Crippen molar-refractivity contribution >= 4 is 17.5 Å². The molecule has 5 heteroatoms. The Morgan fingerprint density at radius 1 is 1.12 bits per heavy atom. The van der Waals surface area contributed by atoms with Gasteiger partial charge in [0.25, 0.3) is 5.91 Å². The first kappa shape index (κ1) is 17.0. The zero-order valence-corrected chi connectivity index (χ0v) is 14.7. The minimum Gasteiger partial charge on any atom is -0.497 e. The highest BCUT2D eigenvalue weighted by Crippen LogP contribution is 2.24. The van der Waals surface area contributed by atoms with Crippen LogP contribution in [0, 0.1) is 13.8 Å². The molecule has 1 fully saturated rings. The number of aryl methyl sites for hydroxylation is 2. The summed E-state index contributed by atoms with van der Waals surface area (Å²) >= 11 is 0. The number of rotatable bonds is 4. The Kier molecular flexibility index (Phi) is 4.74. The number of nitrogens with zero attached hydrogens (tertiary/aromatic N) is 1. The fraction of sp³-hybridized carbons (Fsp3) is 0.300. The van der Waals surface area contributed by atoms with Crippen LogP contribution in [0.2, 0.25) is 0 Å². The molecule has 2 aromatic rings. The summed E-state index contributed by atoms with van der Waals surface area (Å²) in [5, 5.41) is 2.98. The Bertz CT molecular complexity index is 779. The van der Waals surface area contributed by atoms with Crippen molar-refractivity contribution in [3.63, 3.8) is 0 Å². The summed E-state index contributed by atoms with van der Waals surface area (Å²) in [6, 6.07) is 12.9. The number of carbonyl (C=O) groups excluding carboxylic acids is 2. The van der Waals surface area contributed by atoms with Crippen LogP contribution in [-0.4, -0.2) is 31.5 Å². The van der Waals surface area contributed by atoms with Gasteiger partial charge in [-0.05, 0) is 50.2 Å². The average molecular weight is 338 g/mol. The number of anilines is 1. The molecule has 1 N–H and O–H groups in total. The molecular formula is C20H22N2O3. The third kappa shape index (κ3) is 3.82. The predicted molar refractivity (Wildman–Crippen MR) is 97.1 cm³/mol. The van der Waals surface area contributed by atoms with Crippen LogP contribution < -0.4 is 15.0 Å². The molecular weight excluding hydrogens is 316 g/mol. The molecule has 0 aliphatic carbocycles. The third-order valence-corrected chi connectivity index (χ3v) is 4.33. The van der Waals surface area contributed by atoms with Gasteiger partial charge in [-0.15, -0.1) is 0 Å². The molecule has 0 bridgehead atoms. The summed E-state index contributed by atoms with van der Waals surface area (Å²) in [6.45, 7) is 4.41. The summed E-state index contributed by atoms with van der Waals surface area (Å²) in [4.78, 5) is 26.5. The number of nitrogens with one attached hydrogen (secondary N) is 1. The van der Waals surface area contributed by atoms with Crippen LogP contribution >= 0.6 is 0 Å². The van der Waals surface area contributed by atoms with Crippen molar-refractivity contribution < 1.29 is 14.3 Å². The van der Waals surface area contributed by atoms with Crippen LogP contribution in [0.1, 0.15) is 27.9 Å². The number of hydrogen-bond acceptors (Lipinski definition) is 3. The standard InChI is InChI=1S/C20H22N2O3/c1-13-8-14(2)10-15(9-13)20(24)21-16-11-19(23)22(12-16)17-4-6-18(25-3)7-5-17/h4-10,16H,11-12H2,1-3H3,(H,21,24)/t16-/m0/s1. The van der Waals surface area contributed by atoms with Gasteiger partial charge in [0.1, 0.15) is 5.75 Å². The van der Waals surface area contributed by atoms with Gasteiger partial charge in [0.05, 0.1) is 13.2 Å². The van der Waals surface area contributed by atoms with Gasteiger partial charge in [-0.2, -0.15) is 0 Å². The Morgan fingerprint density at radius 3 is 2.36 bits per heavy atom. The fourth-order valence-corrected chi connectivity index (χ4v) is 3.19. The molecule has 5 nitrogen and oxygen atoms in total. The van der Waals surface area contributed by atoms with Crippen molar-refractivity contribution in [3.8, 4) is 5.75 Å². The van der Waals surface area contributed by atoms with Gasteiger partial charge < -0.3 is 15.0 Å². The summed E-state index contributed by atoms with van der Waals surface area (Å²) in [5.41, 5.74) is 3.54. The first-order valence-electron chi connectivity index (χ1n) is 8.30. The van der Waals surface area contributed by atoms with E-state index in [1.807, 2.05) is 56.3 Å². The van der Waals surface area contributed by atoms with Crippen LogP contribution in [0.25, 0.3) is 0 Å². The molecule has 1 saturated heterocycles. The van der Waals surface area contributed by atoms with E-state index in [-0.39, 0.29) is 17.9 Å². The highest BCUT2D eigenvalue weighted by atomic mass is 16.5. The molecule has 130 valence electrons. The van der Waals surface area contributed by atoms with Crippen molar-refractivity contribution in [1.82, 2.24) is 5.32 Å². The number of carbonyl (C=O) groups is 2. The molecule has 1 aliphatic rings. The highest BCUT2D eigenvalue weighted by Gasteiger charge is 2.31. The summed E-state index contributed by atoms with van der Waals surface area (Å²) in [7, 11) is 1.61. The van der Waals surface area contributed by atoms with Gasteiger partial charge in [-0.3, -0.25) is 9.59 Å².